The Morgan fingerprint density at radius 1 is 1.33 bits per heavy atom. The molecule has 0 saturated heterocycles. The molecule has 0 fully saturated rings. The lowest BCUT2D eigenvalue weighted by Crippen LogP contribution is -2.35. The second-order valence-corrected chi connectivity index (χ2v) is 5.63. The fraction of sp³-hybridized carbons (Fsp3) is 0.500. The smallest absolute Gasteiger partial charge is 0.329 e. The number of aliphatic hydroxyl groups excluding tert-OH is 1. The summed E-state index contributed by atoms with van der Waals surface area (Å²) in [6.07, 6.45) is 3.44. The van der Waals surface area contributed by atoms with Crippen molar-refractivity contribution in [2.24, 2.45) is 0 Å². The first-order chi connectivity index (χ1) is 8.72. The Labute approximate surface area is 107 Å². The molecular weight excluding hydrogens is 252 g/mol. The zero-order valence-electron chi connectivity index (χ0n) is 9.86. The molecule has 1 aliphatic carbocycles. The summed E-state index contributed by atoms with van der Waals surface area (Å²) in [5, 5.41) is 9.50. The van der Waals surface area contributed by atoms with E-state index in [1.54, 1.807) is 0 Å². The van der Waals surface area contributed by atoms with Gasteiger partial charge in [-0.25, -0.2) is 4.79 Å². The van der Waals surface area contributed by atoms with E-state index in [0.29, 0.717) is 16.6 Å². The van der Waals surface area contributed by atoms with Gasteiger partial charge in [-0.2, -0.15) is 0 Å². The number of aromatic amines is 1. The molecule has 2 aromatic heterocycles. The Morgan fingerprint density at radius 2 is 2.17 bits per heavy atom. The molecule has 18 heavy (non-hydrogen) atoms. The molecule has 6 heteroatoms. The Hall–Kier alpha value is -1.40. The lowest BCUT2D eigenvalue weighted by Gasteiger charge is -2.03. The SMILES string of the molecule is O=c1[nH]c2sc3c(c2c(=O)n1CCCO)CCC3. The number of hydrogen-bond donors (Lipinski definition) is 2. The Morgan fingerprint density at radius 3 is 2.94 bits per heavy atom. The van der Waals surface area contributed by atoms with E-state index in [0.717, 1.165) is 24.8 Å². The molecule has 0 saturated carbocycles. The van der Waals surface area contributed by atoms with Gasteiger partial charge in [-0.15, -0.1) is 11.3 Å². The molecule has 96 valence electrons. The van der Waals surface area contributed by atoms with Gasteiger partial charge in [0, 0.05) is 18.0 Å². The minimum absolute atomic E-state index is 0.0222. The van der Waals surface area contributed by atoms with Crippen molar-refractivity contribution >= 4 is 21.6 Å². The van der Waals surface area contributed by atoms with Crippen molar-refractivity contribution in [3.05, 3.63) is 31.3 Å². The Kier molecular flexibility index (Phi) is 2.83. The van der Waals surface area contributed by atoms with E-state index < -0.39 is 0 Å². The minimum Gasteiger partial charge on any atom is -0.396 e. The molecule has 2 N–H and O–H groups in total. The van der Waals surface area contributed by atoms with Crippen LogP contribution in [0.3, 0.4) is 0 Å². The molecule has 0 spiro atoms. The van der Waals surface area contributed by atoms with Crippen LogP contribution in [0.4, 0.5) is 0 Å². The summed E-state index contributed by atoms with van der Waals surface area (Å²) in [7, 11) is 0. The van der Waals surface area contributed by atoms with Gasteiger partial charge in [-0.3, -0.25) is 14.3 Å². The highest BCUT2D eigenvalue weighted by molar-refractivity contribution is 7.18. The highest BCUT2D eigenvalue weighted by atomic mass is 32.1. The summed E-state index contributed by atoms with van der Waals surface area (Å²) in [6, 6.07) is 0. The zero-order chi connectivity index (χ0) is 12.7. The summed E-state index contributed by atoms with van der Waals surface area (Å²) in [5.41, 5.74) is 0.538. The van der Waals surface area contributed by atoms with Gasteiger partial charge in [-0.1, -0.05) is 0 Å². The number of thiophene rings is 1. The average Bonchev–Trinajstić information content (AvgIpc) is 2.88. The second kappa shape index (κ2) is 4.37. The van der Waals surface area contributed by atoms with E-state index in [1.807, 2.05) is 0 Å². The van der Waals surface area contributed by atoms with Gasteiger partial charge in [0.25, 0.3) is 5.56 Å². The number of hydrogen-bond acceptors (Lipinski definition) is 4. The molecule has 0 atom stereocenters. The number of rotatable bonds is 3. The summed E-state index contributed by atoms with van der Waals surface area (Å²) in [6.45, 7) is 0.247. The first-order valence-corrected chi connectivity index (χ1v) is 6.92. The van der Waals surface area contributed by atoms with Gasteiger partial charge in [0.15, 0.2) is 0 Å². The third-order valence-electron chi connectivity index (χ3n) is 3.39. The molecule has 1 aliphatic rings. The molecule has 2 heterocycles. The van der Waals surface area contributed by atoms with Crippen LogP contribution in [-0.2, 0) is 19.4 Å². The molecule has 0 aliphatic heterocycles. The number of aryl methyl sites for hydroxylation is 2. The van der Waals surface area contributed by atoms with Gasteiger partial charge in [0.05, 0.1) is 5.39 Å². The zero-order valence-corrected chi connectivity index (χ0v) is 10.7. The van der Waals surface area contributed by atoms with E-state index in [-0.39, 0.29) is 24.4 Å². The summed E-state index contributed by atoms with van der Waals surface area (Å²) >= 11 is 1.53. The summed E-state index contributed by atoms with van der Waals surface area (Å²) < 4.78 is 1.20. The molecule has 0 bridgehead atoms. The van der Waals surface area contributed by atoms with Crippen LogP contribution >= 0.6 is 11.3 Å². The van der Waals surface area contributed by atoms with Gasteiger partial charge >= 0.3 is 5.69 Å². The molecule has 3 rings (SSSR count). The monoisotopic (exact) mass is 266 g/mol. The van der Waals surface area contributed by atoms with Gasteiger partial charge in [0.2, 0.25) is 0 Å². The van der Waals surface area contributed by atoms with Crippen LogP contribution in [0.25, 0.3) is 10.2 Å². The predicted molar refractivity (Wildman–Crippen MR) is 70.4 cm³/mol. The lowest BCUT2D eigenvalue weighted by molar-refractivity contribution is 0.278. The van der Waals surface area contributed by atoms with Gasteiger partial charge in [0.1, 0.15) is 4.83 Å². The highest BCUT2D eigenvalue weighted by Crippen LogP contribution is 2.33. The minimum atomic E-state index is -0.374. The number of aliphatic hydroxyl groups is 1. The van der Waals surface area contributed by atoms with E-state index in [2.05, 4.69) is 4.98 Å². The van der Waals surface area contributed by atoms with Crippen LogP contribution in [0.5, 0.6) is 0 Å². The fourth-order valence-electron chi connectivity index (χ4n) is 2.54. The van der Waals surface area contributed by atoms with Crippen LogP contribution in [-0.4, -0.2) is 21.3 Å². The van der Waals surface area contributed by atoms with Crippen LogP contribution in [0.1, 0.15) is 23.3 Å². The maximum Gasteiger partial charge on any atom is 0.329 e. The highest BCUT2D eigenvalue weighted by Gasteiger charge is 2.21. The summed E-state index contributed by atoms with van der Waals surface area (Å²) in [4.78, 5) is 28.9. The summed E-state index contributed by atoms with van der Waals surface area (Å²) in [5.74, 6) is 0. The van der Waals surface area contributed by atoms with Crippen LogP contribution in [0.2, 0.25) is 0 Å². The fourth-order valence-corrected chi connectivity index (χ4v) is 3.81. The van der Waals surface area contributed by atoms with Crippen LogP contribution < -0.4 is 11.2 Å². The molecule has 0 amide bonds. The van der Waals surface area contributed by atoms with Crippen LogP contribution in [0, 0.1) is 0 Å². The van der Waals surface area contributed by atoms with Crippen LogP contribution in [0.15, 0.2) is 9.59 Å². The average molecular weight is 266 g/mol. The van der Waals surface area contributed by atoms with Crippen molar-refractivity contribution in [1.29, 1.82) is 0 Å². The first-order valence-electron chi connectivity index (χ1n) is 6.10. The number of nitrogens with one attached hydrogen (secondary N) is 1. The number of nitrogens with zero attached hydrogens (tertiary/aromatic N) is 1. The predicted octanol–water partition coefficient (Wildman–Crippen LogP) is 0.622. The maximum atomic E-state index is 12.3. The Balaban J connectivity index is 2.26. The Bertz CT molecular complexity index is 710. The quantitative estimate of drug-likeness (QED) is 0.855. The molecule has 2 aromatic rings. The van der Waals surface area contributed by atoms with Crippen molar-refractivity contribution in [2.75, 3.05) is 6.61 Å². The van der Waals surface area contributed by atoms with E-state index in [1.165, 1.54) is 20.8 Å². The molecule has 5 nitrogen and oxygen atoms in total. The van der Waals surface area contributed by atoms with Gasteiger partial charge in [-0.05, 0) is 31.2 Å². The first kappa shape index (κ1) is 11.7. The topological polar surface area (TPSA) is 75.1 Å². The number of fused-ring (bicyclic) bond motifs is 3. The molecule has 0 aromatic carbocycles. The third-order valence-corrected chi connectivity index (χ3v) is 4.59. The van der Waals surface area contributed by atoms with E-state index in [9.17, 15) is 9.59 Å². The largest absolute Gasteiger partial charge is 0.396 e. The number of aromatic nitrogens is 2. The normalized spacial score (nSPS) is 14.3. The standard InChI is InChI=1S/C12H14N2O3S/c15-6-2-5-14-11(16)9-7-3-1-4-8(7)18-10(9)13-12(14)17/h15H,1-6H2,(H,13,17). The van der Waals surface area contributed by atoms with Crippen molar-refractivity contribution in [1.82, 2.24) is 9.55 Å². The second-order valence-electron chi connectivity index (χ2n) is 4.53. The number of H-pyrrole nitrogens is 1. The molecule has 0 radical (unpaired) electrons. The van der Waals surface area contributed by atoms with Gasteiger partial charge < -0.3 is 5.11 Å². The van der Waals surface area contributed by atoms with E-state index in [4.69, 9.17) is 5.11 Å². The van der Waals surface area contributed by atoms with Crippen molar-refractivity contribution in [3.8, 4) is 0 Å². The maximum absolute atomic E-state index is 12.3. The third kappa shape index (κ3) is 1.64. The molecule has 0 unspecified atom stereocenters. The van der Waals surface area contributed by atoms with Crippen molar-refractivity contribution in [3.63, 3.8) is 0 Å². The van der Waals surface area contributed by atoms with E-state index >= 15 is 0 Å². The molecular formula is C12H14N2O3S. The van der Waals surface area contributed by atoms with Crippen molar-refractivity contribution in [2.45, 2.75) is 32.2 Å². The lowest BCUT2D eigenvalue weighted by atomic mass is 10.2. The van der Waals surface area contributed by atoms with Crippen molar-refractivity contribution < 1.29 is 5.11 Å².